The SMILES string of the molecule is CCOc1ccccc1NC(=O)[C@@H]1c2ccccc2C(=O)N2CCc3cc(OCC)c(OCC)cc3[C@H]12. The highest BCUT2D eigenvalue weighted by atomic mass is 16.5. The Morgan fingerprint density at radius 1 is 0.865 bits per heavy atom. The summed E-state index contributed by atoms with van der Waals surface area (Å²) in [5.41, 5.74) is 3.87. The van der Waals surface area contributed by atoms with Crippen molar-refractivity contribution in [1.82, 2.24) is 4.90 Å². The number of nitrogens with zero attached hydrogens (tertiary/aromatic N) is 1. The van der Waals surface area contributed by atoms with Crippen LogP contribution in [0.3, 0.4) is 0 Å². The molecule has 0 spiro atoms. The van der Waals surface area contributed by atoms with Crippen LogP contribution in [0.4, 0.5) is 5.69 Å². The lowest BCUT2D eigenvalue weighted by atomic mass is 9.75. The number of carbonyl (C=O) groups is 2. The maximum atomic E-state index is 14.1. The molecule has 7 heteroatoms. The van der Waals surface area contributed by atoms with Crippen molar-refractivity contribution in [2.75, 3.05) is 31.7 Å². The average molecular weight is 501 g/mol. The minimum absolute atomic E-state index is 0.0585. The van der Waals surface area contributed by atoms with Crippen molar-refractivity contribution >= 4 is 17.5 Å². The topological polar surface area (TPSA) is 77.1 Å². The summed E-state index contributed by atoms with van der Waals surface area (Å²) in [5.74, 6) is 1.05. The van der Waals surface area contributed by atoms with Gasteiger partial charge in [0.05, 0.1) is 37.5 Å². The molecule has 0 radical (unpaired) electrons. The molecule has 0 saturated heterocycles. The maximum Gasteiger partial charge on any atom is 0.254 e. The van der Waals surface area contributed by atoms with Gasteiger partial charge in [0.25, 0.3) is 5.91 Å². The number of fused-ring (bicyclic) bond motifs is 4. The zero-order chi connectivity index (χ0) is 25.9. The summed E-state index contributed by atoms with van der Waals surface area (Å²) in [6.45, 7) is 7.77. The van der Waals surface area contributed by atoms with Crippen LogP contribution < -0.4 is 19.5 Å². The van der Waals surface area contributed by atoms with Crippen molar-refractivity contribution in [2.45, 2.75) is 39.2 Å². The van der Waals surface area contributed by atoms with Crippen LogP contribution in [0, 0.1) is 0 Å². The fourth-order valence-electron chi connectivity index (χ4n) is 5.42. The third-order valence-corrected chi connectivity index (χ3v) is 6.91. The lowest BCUT2D eigenvalue weighted by Crippen LogP contribution is -2.49. The number of amides is 2. The van der Waals surface area contributed by atoms with Crippen LogP contribution in [0.5, 0.6) is 17.2 Å². The highest BCUT2D eigenvalue weighted by Crippen LogP contribution is 2.48. The highest BCUT2D eigenvalue weighted by molar-refractivity contribution is 6.05. The predicted molar refractivity (Wildman–Crippen MR) is 142 cm³/mol. The maximum absolute atomic E-state index is 14.1. The number of ether oxygens (including phenoxy) is 3. The number of anilines is 1. The van der Waals surface area contributed by atoms with Crippen LogP contribution in [0.1, 0.15) is 59.8 Å². The molecule has 0 fully saturated rings. The van der Waals surface area contributed by atoms with Gasteiger partial charge in [-0.25, -0.2) is 0 Å². The van der Waals surface area contributed by atoms with Gasteiger partial charge in [0.1, 0.15) is 5.75 Å². The molecule has 5 rings (SSSR count). The molecular weight excluding hydrogens is 468 g/mol. The molecule has 0 aromatic heterocycles. The van der Waals surface area contributed by atoms with Gasteiger partial charge in [0.15, 0.2) is 11.5 Å². The Kier molecular flexibility index (Phi) is 7.04. The fraction of sp³-hybridized carbons (Fsp3) is 0.333. The third-order valence-electron chi connectivity index (χ3n) is 6.91. The van der Waals surface area contributed by atoms with Crippen molar-refractivity contribution < 1.29 is 23.8 Å². The predicted octanol–water partition coefficient (Wildman–Crippen LogP) is 5.36. The minimum Gasteiger partial charge on any atom is -0.492 e. The average Bonchev–Trinajstić information content (AvgIpc) is 2.91. The van der Waals surface area contributed by atoms with Crippen LogP contribution in [0.15, 0.2) is 60.7 Å². The Morgan fingerprint density at radius 2 is 1.51 bits per heavy atom. The molecular formula is C30H32N2O5. The number of hydrogen-bond donors (Lipinski definition) is 1. The fourth-order valence-corrected chi connectivity index (χ4v) is 5.42. The van der Waals surface area contributed by atoms with Gasteiger partial charge in [-0.2, -0.15) is 0 Å². The largest absolute Gasteiger partial charge is 0.492 e. The molecule has 0 bridgehead atoms. The molecule has 1 N–H and O–H groups in total. The Hall–Kier alpha value is -4.00. The molecule has 0 aliphatic carbocycles. The number of benzene rings is 3. The zero-order valence-electron chi connectivity index (χ0n) is 21.5. The van der Waals surface area contributed by atoms with E-state index in [0.29, 0.717) is 61.3 Å². The van der Waals surface area contributed by atoms with Crippen LogP contribution in [0.25, 0.3) is 0 Å². The van der Waals surface area contributed by atoms with Crippen LogP contribution >= 0.6 is 0 Å². The Morgan fingerprint density at radius 3 is 2.27 bits per heavy atom. The first-order chi connectivity index (χ1) is 18.1. The second kappa shape index (κ2) is 10.5. The molecule has 2 aliphatic heterocycles. The van der Waals surface area contributed by atoms with Gasteiger partial charge in [0.2, 0.25) is 5.91 Å². The molecule has 0 saturated carbocycles. The smallest absolute Gasteiger partial charge is 0.254 e. The van der Waals surface area contributed by atoms with Gasteiger partial charge >= 0.3 is 0 Å². The minimum atomic E-state index is -0.616. The number of hydrogen-bond acceptors (Lipinski definition) is 5. The molecule has 3 aromatic carbocycles. The molecule has 37 heavy (non-hydrogen) atoms. The summed E-state index contributed by atoms with van der Waals surface area (Å²) < 4.78 is 17.5. The van der Waals surface area contributed by atoms with E-state index in [1.54, 1.807) is 0 Å². The molecule has 2 aliphatic rings. The van der Waals surface area contributed by atoms with E-state index in [1.807, 2.05) is 86.3 Å². The van der Waals surface area contributed by atoms with E-state index in [0.717, 1.165) is 16.7 Å². The van der Waals surface area contributed by atoms with Crippen molar-refractivity contribution in [2.24, 2.45) is 0 Å². The highest BCUT2D eigenvalue weighted by Gasteiger charge is 2.46. The van der Waals surface area contributed by atoms with Gasteiger partial charge in [-0.05, 0) is 74.2 Å². The number of rotatable bonds is 8. The molecule has 2 amide bonds. The Balaban J connectivity index is 1.63. The second-order valence-electron chi connectivity index (χ2n) is 9.04. The van der Waals surface area contributed by atoms with E-state index in [-0.39, 0.29) is 11.8 Å². The van der Waals surface area contributed by atoms with Crippen molar-refractivity contribution in [1.29, 1.82) is 0 Å². The second-order valence-corrected chi connectivity index (χ2v) is 9.04. The Bertz CT molecular complexity index is 1320. The van der Waals surface area contributed by atoms with Gasteiger partial charge in [-0.15, -0.1) is 0 Å². The lowest BCUT2D eigenvalue weighted by Gasteiger charge is -2.45. The molecule has 3 aromatic rings. The van der Waals surface area contributed by atoms with Gasteiger partial charge in [-0.1, -0.05) is 30.3 Å². The summed E-state index contributed by atoms with van der Waals surface area (Å²) >= 11 is 0. The first-order valence-electron chi connectivity index (χ1n) is 12.9. The quantitative estimate of drug-likeness (QED) is 0.451. The van der Waals surface area contributed by atoms with Gasteiger partial charge < -0.3 is 24.4 Å². The first kappa shape index (κ1) is 24.7. The van der Waals surface area contributed by atoms with E-state index in [2.05, 4.69) is 5.32 Å². The molecule has 192 valence electrons. The van der Waals surface area contributed by atoms with Gasteiger partial charge in [0, 0.05) is 12.1 Å². The summed E-state index contributed by atoms with van der Waals surface area (Å²) in [7, 11) is 0. The molecule has 2 heterocycles. The summed E-state index contributed by atoms with van der Waals surface area (Å²) in [6.07, 6.45) is 0.674. The standard InChI is InChI=1S/C30H32N2O5/c1-4-35-24-14-10-9-13-23(24)31-29(33)27-20-11-7-8-12-21(20)30(34)32-16-15-19-17-25(36-5-2)26(37-6-3)18-22(19)28(27)32/h7-14,17-18,27-28H,4-6,15-16H2,1-3H3,(H,31,33)/t27-,28-/m1/s1. The van der Waals surface area contributed by atoms with Gasteiger partial charge in [-0.3, -0.25) is 9.59 Å². The van der Waals surface area contributed by atoms with Crippen molar-refractivity contribution in [3.8, 4) is 17.2 Å². The number of carbonyl (C=O) groups excluding carboxylic acids is 2. The Labute approximate surface area is 217 Å². The normalized spacial score (nSPS) is 17.8. The number of para-hydroxylation sites is 2. The van der Waals surface area contributed by atoms with Crippen LogP contribution in [-0.2, 0) is 11.2 Å². The van der Waals surface area contributed by atoms with Crippen LogP contribution in [0.2, 0.25) is 0 Å². The first-order valence-corrected chi connectivity index (χ1v) is 12.9. The van der Waals surface area contributed by atoms with E-state index < -0.39 is 12.0 Å². The third kappa shape index (κ3) is 4.50. The van der Waals surface area contributed by atoms with E-state index in [9.17, 15) is 9.59 Å². The number of nitrogens with one attached hydrogen (secondary N) is 1. The monoisotopic (exact) mass is 500 g/mol. The molecule has 2 atom stereocenters. The van der Waals surface area contributed by atoms with E-state index >= 15 is 0 Å². The summed E-state index contributed by atoms with van der Waals surface area (Å²) in [6, 6.07) is 18.3. The summed E-state index contributed by atoms with van der Waals surface area (Å²) in [4.78, 5) is 29.5. The van der Waals surface area contributed by atoms with Crippen molar-refractivity contribution in [3.05, 3.63) is 82.9 Å². The van der Waals surface area contributed by atoms with Crippen molar-refractivity contribution in [3.63, 3.8) is 0 Å². The van der Waals surface area contributed by atoms with Crippen LogP contribution in [-0.4, -0.2) is 43.1 Å². The lowest BCUT2D eigenvalue weighted by molar-refractivity contribution is -0.119. The molecule has 7 nitrogen and oxygen atoms in total. The molecule has 0 unspecified atom stereocenters. The van der Waals surface area contributed by atoms with E-state index in [1.165, 1.54) is 0 Å². The summed E-state index contributed by atoms with van der Waals surface area (Å²) in [5, 5.41) is 3.10. The van der Waals surface area contributed by atoms with E-state index in [4.69, 9.17) is 14.2 Å². The zero-order valence-corrected chi connectivity index (χ0v) is 21.5.